The molecule has 1 aromatic heterocycles. The predicted octanol–water partition coefficient (Wildman–Crippen LogP) is 3.45. The molecular weight excluding hydrogens is 491 g/mol. The number of aryl methyl sites for hydroxylation is 3. The normalized spacial score (nSPS) is 13.8. The topological polar surface area (TPSA) is 67.6 Å². The summed E-state index contributed by atoms with van der Waals surface area (Å²) in [6.07, 6.45) is 6.77. The molecule has 0 atom stereocenters. The Labute approximate surface area is 197 Å². The fraction of sp³-hybridized carbons (Fsp3) is 0.591. The first-order valence-electron chi connectivity index (χ1n) is 10.7. The molecule has 166 valence electrons. The monoisotopic (exact) mass is 526 g/mol. The number of nitrogens with zero attached hydrogens (tertiary/aromatic N) is 5. The third-order valence-corrected chi connectivity index (χ3v) is 5.40. The largest absolute Gasteiger partial charge is 0.491 e. The lowest BCUT2D eigenvalue weighted by Gasteiger charge is -2.22. The molecule has 0 radical (unpaired) electrons. The molecule has 0 spiro atoms. The van der Waals surface area contributed by atoms with Crippen LogP contribution in [0.25, 0.3) is 0 Å². The van der Waals surface area contributed by atoms with E-state index in [4.69, 9.17) is 4.74 Å². The Hall–Kier alpha value is -1.84. The standard InChI is InChI=1S/C22H34N6O.HI/c1-18-10-6-7-11-19(18)29-17-16-27(3)22(23-2)24-14-9-13-21-26-25-20-12-5-4-8-15-28(20)21;/h6-7,10-11H,4-5,8-9,12-17H2,1-3H3,(H,23,24);1H. The minimum atomic E-state index is 0. The Balaban J connectivity index is 0.00000320. The molecule has 0 aliphatic carbocycles. The summed E-state index contributed by atoms with van der Waals surface area (Å²) in [4.78, 5) is 6.49. The first-order chi connectivity index (χ1) is 14.2. The highest BCUT2D eigenvalue weighted by atomic mass is 127. The Bertz CT molecular complexity index is 807. The second-order valence-corrected chi connectivity index (χ2v) is 7.61. The van der Waals surface area contributed by atoms with Crippen LogP contribution in [0.15, 0.2) is 29.3 Å². The number of benzene rings is 1. The van der Waals surface area contributed by atoms with E-state index < -0.39 is 0 Å². The van der Waals surface area contributed by atoms with Crippen molar-refractivity contribution in [3.05, 3.63) is 41.5 Å². The second-order valence-electron chi connectivity index (χ2n) is 7.61. The molecule has 0 amide bonds. The van der Waals surface area contributed by atoms with E-state index >= 15 is 0 Å². The Morgan fingerprint density at radius 2 is 2.07 bits per heavy atom. The summed E-state index contributed by atoms with van der Waals surface area (Å²) in [7, 11) is 3.86. The van der Waals surface area contributed by atoms with Gasteiger partial charge in [0, 0.05) is 40.0 Å². The van der Waals surface area contributed by atoms with Crippen LogP contribution in [0.3, 0.4) is 0 Å². The van der Waals surface area contributed by atoms with Crippen LogP contribution < -0.4 is 10.1 Å². The van der Waals surface area contributed by atoms with Gasteiger partial charge in [-0.25, -0.2) is 0 Å². The van der Waals surface area contributed by atoms with Crippen molar-refractivity contribution in [3.8, 4) is 5.75 Å². The average molecular weight is 526 g/mol. The van der Waals surface area contributed by atoms with Crippen LogP contribution in [-0.2, 0) is 19.4 Å². The molecule has 0 bridgehead atoms. The van der Waals surface area contributed by atoms with Gasteiger partial charge in [-0.1, -0.05) is 24.6 Å². The number of likely N-dealkylation sites (N-methyl/N-ethyl adjacent to an activating group) is 1. The highest BCUT2D eigenvalue weighted by Crippen LogP contribution is 2.16. The molecular formula is C22H35IN6O. The minimum absolute atomic E-state index is 0. The van der Waals surface area contributed by atoms with Gasteiger partial charge in [-0.05, 0) is 37.8 Å². The van der Waals surface area contributed by atoms with Gasteiger partial charge in [0.15, 0.2) is 5.96 Å². The van der Waals surface area contributed by atoms with Crippen molar-refractivity contribution in [3.63, 3.8) is 0 Å². The number of aliphatic imine (C=N–C) groups is 1. The molecule has 7 nitrogen and oxygen atoms in total. The average Bonchev–Trinajstić information content (AvgIpc) is 2.95. The number of para-hydroxylation sites is 1. The van der Waals surface area contributed by atoms with E-state index in [2.05, 4.69) is 43.0 Å². The van der Waals surface area contributed by atoms with E-state index in [9.17, 15) is 0 Å². The van der Waals surface area contributed by atoms with Gasteiger partial charge in [0.25, 0.3) is 0 Å². The van der Waals surface area contributed by atoms with Crippen molar-refractivity contribution in [2.45, 2.75) is 52.0 Å². The number of fused-ring (bicyclic) bond motifs is 1. The van der Waals surface area contributed by atoms with Gasteiger partial charge >= 0.3 is 0 Å². The summed E-state index contributed by atoms with van der Waals surface area (Å²) >= 11 is 0. The van der Waals surface area contributed by atoms with Crippen molar-refractivity contribution in [1.29, 1.82) is 0 Å². The maximum Gasteiger partial charge on any atom is 0.193 e. The van der Waals surface area contributed by atoms with Crippen LogP contribution in [-0.4, -0.2) is 59.4 Å². The van der Waals surface area contributed by atoms with Crippen LogP contribution in [0.5, 0.6) is 5.75 Å². The number of aromatic nitrogens is 3. The summed E-state index contributed by atoms with van der Waals surface area (Å²) in [5.41, 5.74) is 1.16. The lowest BCUT2D eigenvalue weighted by Crippen LogP contribution is -2.41. The van der Waals surface area contributed by atoms with Crippen molar-refractivity contribution in [2.75, 3.05) is 33.8 Å². The number of ether oxygens (including phenoxy) is 1. The third-order valence-electron chi connectivity index (χ3n) is 5.40. The summed E-state index contributed by atoms with van der Waals surface area (Å²) in [5, 5.41) is 12.2. The van der Waals surface area contributed by atoms with Crippen LogP contribution in [0.1, 0.15) is 42.9 Å². The van der Waals surface area contributed by atoms with E-state index in [-0.39, 0.29) is 24.0 Å². The molecule has 1 aliphatic rings. The molecule has 30 heavy (non-hydrogen) atoms. The molecule has 1 aliphatic heterocycles. The Morgan fingerprint density at radius 3 is 2.87 bits per heavy atom. The highest BCUT2D eigenvalue weighted by molar-refractivity contribution is 14.0. The first-order valence-corrected chi connectivity index (χ1v) is 10.7. The summed E-state index contributed by atoms with van der Waals surface area (Å²) < 4.78 is 8.23. The highest BCUT2D eigenvalue weighted by Gasteiger charge is 2.14. The van der Waals surface area contributed by atoms with Crippen LogP contribution in [0, 0.1) is 6.92 Å². The van der Waals surface area contributed by atoms with Gasteiger partial charge in [0.05, 0.1) is 6.54 Å². The number of nitrogens with one attached hydrogen (secondary N) is 1. The number of hydrogen-bond donors (Lipinski definition) is 1. The van der Waals surface area contributed by atoms with E-state index in [1.54, 1.807) is 0 Å². The Kier molecular flexibility index (Phi) is 10.4. The van der Waals surface area contributed by atoms with E-state index in [0.29, 0.717) is 6.61 Å². The molecule has 0 saturated carbocycles. The zero-order valence-corrected chi connectivity index (χ0v) is 20.8. The summed E-state index contributed by atoms with van der Waals surface area (Å²) in [6.45, 7) is 5.38. The number of halogens is 1. The van der Waals surface area contributed by atoms with Crippen molar-refractivity contribution < 1.29 is 4.74 Å². The van der Waals surface area contributed by atoms with Crippen LogP contribution >= 0.6 is 24.0 Å². The third kappa shape index (κ3) is 6.85. The lowest BCUT2D eigenvalue weighted by atomic mass is 10.2. The van der Waals surface area contributed by atoms with E-state index in [0.717, 1.165) is 67.8 Å². The number of rotatable bonds is 8. The maximum atomic E-state index is 5.90. The lowest BCUT2D eigenvalue weighted by molar-refractivity contribution is 0.280. The summed E-state index contributed by atoms with van der Waals surface area (Å²) in [5.74, 6) is 4.11. The van der Waals surface area contributed by atoms with Crippen molar-refractivity contribution in [2.24, 2.45) is 4.99 Å². The van der Waals surface area contributed by atoms with Gasteiger partial charge in [-0.2, -0.15) is 0 Å². The van der Waals surface area contributed by atoms with Crippen molar-refractivity contribution >= 4 is 29.9 Å². The zero-order valence-electron chi connectivity index (χ0n) is 18.4. The quantitative estimate of drug-likeness (QED) is 0.247. The fourth-order valence-corrected chi connectivity index (χ4v) is 3.68. The van der Waals surface area contributed by atoms with E-state index in [1.807, 2.05) is 32.3 Å². The minimum Gasteiger partial charge on any atom is -0.491 e. The Morgan fingerprint density at radius 1 is 1.23 bits per heavy atom. The molecule has 0 fully saturated rings. The summed E-state index contributed by atoms with van der Waals surface area (Å²) in [6, 6.07) is 8.10. The van der Waals surface area contributed by atoms with Crippen LogP contribution in [0.2, 0.25) is 0 Å². The molecule has 1 N–H and O–H groups in total. The van der Waals surface area contributed by atoms with E-state index in [1.165, 1.54) is 19.3 Å². The molecule has 2 heterocycles. The smallest absolute Gasteiger partial charge is 0.193 e. The maximum absolute atomic E-state index is 5.90. The molecule has 2 aromatic rings. The SMILES string of the molecule is CN=C(NCCCc1nnc2n1CCCCC2)N(C)CCOc1ccccc1C.I. The van der Waals surface area contributed by atoms with Gasteiger partial charge in [0.2, 0.25) is 0 Å². The molecule has 8 heteroatoms. The van der Waals surface area contributed by atoms with Crippen LogP contribution in [0.4, 0.5) is 0 Å². The van der Waals surface area contributed by atoms with Gasteiger partial charge < -0.3 is 19.5 Å². The second kappa shape index (κ2) is 12.8. The predicted molar refractivity (Wildman–Crippen MR) is 132 cm³/mol. The first kappa shape index (κ1) is 24.4. The molecule has 0 unspecified atom stereocenters. The zero-order chi connectivity index (χ0) is 20.5. The number of guanidine groups is 1. The van der Waals surface area contributed by atoms with Gasteiger partial charge in [0.1, 0.15) is 24.0 Å². The molecule has 1 aromatic carbocycles. The molecule has 3 rings (SSSR count). The van der Waals surface area contributed by atoms with Gasteiger partial charge in [-0.15, -0.1) is 34.2 Å². The fourth-order valence-electron chi connectivity index (χ4n) is 3.68. The molecule has 0 saturated heterocycles. The van der Waals surface area contributed by atoms with Crippen molar-refractivity contribution in [1.82, 2.24) is 25.0 Å². The van der Waals surface area contributed by atoms with Gasteiger partial charge in [-0.3, -0.25) is 4.99 Å². The number of hydrogen-bond acceptors (Lipinski definition) is 4.